The van der Waals surface area contributed by atoms with Gasteiger partial charge in [0.1, 0.15) is 66.1 Å². The van der Waals surface area contributed by atoms with E-state index in [0.717, 1.165) is 6.42 Å². The lowest BCUT2D eigenvalue weighted by Crippen LogP contribution is -2.33. The number of rotatable bonds is 4. The molecule has 0 aromatic rings. The summed E-state index contributed by atoms with van der Waals surface area (Å²) in [6, 6.07) is -0.423. The normalized spacial score (nSPS) is 39.5. The summed E-state index contributed by atoms with van der Waals surface area (Å²) < 4.78 is 15.8. The molecule has 0 saturated carbocycles. The zero-order chi connectivity index (χ0) is 9.84. The molecule has 0 aromatic carbocycles. The first-order valence-corrected chi connectivity index (χ1v) is 5.66. The topological polar surface area (TPSA) is 27.7 Å². The molecule has 70 valence electrons. The molecule has 0 N–H and O–H groups in total. The van der Waals surface area contributed by atoms with Crippen molar-refractivity contribution < 1.29 is 10.9 Å². The van der Waals surface area contributed by atoms with Crippen molar-refractivity contribution in [2.75, 3.05) is 0 Å². The first-order chi connectivity index (χ1) is 6.24. The highest BCUT2D eigenvalue weighted by molar-refractivity contribution is 14.1. The van der Waals surface area contributed by atoms with Crippen molar-refractivity contribution in [1.29, 1.82) is 0 Å². The van der Waals surface area contributed by atoms with E-state index in [9.17, 15) is 0 Å². The van der Waals surface area contributed by atoms with E-state index in [1.807, 2.05) is 46.0 Å². The Morgan fingerprint density at radius 3 is 2.31 bits per heavy atom. The number of halogens is 2. The van der Waals surface area contributed by atoms with Crippen LogP contribution in [0.2, 0.25) is 6.32 Å². The van der Waals surface area contributed by atoms with Gasteiger partial charge in [0, 0.05) is 6.00 Å². The van der Waals surface area contributed by atoms with Gasteiger partial charge in [-0.2, -0.15) is 0 Å². The van der Waals surface area contributed by atoms with Gasteiger partial charge in [0.2, 0.25) is 0 Å². The average molecular weight is 404 g/mol. The summed E-state index contributed by atoms with van der Waals surface area (Å²) in [5.74, 6) is 0. The van der Waals surface area contributed by atoms with Crippen LogP contribution in [-0.4, -0.2) is 40.0 Å². The standard InChI is InChI=1S/C6H8B2I2O3/c7-2-1-3-4(12-9)5(13-10)6(8)11-3/h3-6H,1-2H2. The first-order valence-electron chi connectivity index (χ1n) is 3.90. The lowest BCUT2D eigenvalue weighted by molar-refractivity contribution is 0.0528. The smallest absolute Gasteiger partial charge is 0.125 e. The molecule has 1 aliphatic rings. The van der Waals surface area contributed by atoms with E-state index in [0.29, 0.717) is 6.32 Å². The van der Waals surface area contributed by atoms with Crippen LogP contribution in [0, 0.1) is 0 Å². The molecular formula is C6H8B2I2O3. The van der Waals surface area contributed by atoms with Gasteiger partial charge in [0.25, 0.3) is 0 Å². The monoisotopic (exact) mass is 404 g/mol. The minimum Gasteiger partial charge on any atom is -0.379 e. The Morgan fingerprint density at radius 2 is 1.85 bits per heavy atom. The summed E-state index contributed by atoms with van der Waals surface area (Å²) in [5.41, 5.74) is 0. The van der Waals surface area contributed by atoms with Crippen molar-refractivity contribution in [3.8, 4) is 0 Å². The maximum Gasteiger partial charge on any atom is 0.125 e. The lowest BCUT2D eigenvalue weighted by atomic mass is 9.91. The average Bonchev–Trinajstić information content (AvgIpc) is 2.41. The number of hydrogen-bond acceptors (Lipinski definition) is 3. The second-order valence-electron chi connectivity index (χ2n) is 2.82. The maximum atomic E-state index is 5.70. The molecule has 4 unspecified atom stereocenters. The van der Waals surface area contributed by atoms with Gasteiger partial charge in [-0.05, 0) is 6.42 Å². The second kappa shape index (κ2) is 6.14. The fraction of sp³-hybridized carbons (Fsp3) is 1.00. The van der Waals surface area contributed by atoms with Gasteiger partial charge in [-0.1, -0.05) is 6.32 Å². The molecule has 0 spiro atoms. The van der Waals surface area contributed by atoms with Crippen molar-refractivity contribution in [2.24, 2.45) is 0 Å². The van der Waals surface area contributed by atoms with E-state index >= 15 is 0 Å². The van der Waals surface area contributed by atoms with Crippen LogP contribution in [0.15, 0.2) is 0 Å². The second-order valence-corrected chi connectivity index (χ2v) is 3.84. The summed E-state index contributed by atoms with van der Waals surface area (Å²) in [6.45, 7) is 0. The van der Waals surface area contributed by atoms with Crippen molar-refractivity contribution in [3.63, 3.8) is 0 Å². The predicted octanol–water partition coefficient (Wildman–Crippen LogP) is 1.33. The Hall–Kier alpha value is 1.47. The van der Waals surface area contributed by atoms with Crippen LogP contribution in [0.3, 0.4) is 0 Å². The first kappa shape index (κ1) is 12.5. The highest BCUT2D eigenvalue weighted by Crippen LogP contribution is 2.30. The molecule has 0 aromatic heterocycles. The molecular weight excluding hydrogens is 395 g/mol. The quantitative estimate of drug-likeness (QED) is 0.524. The van der Waals surface area contributed by atoms with Gasteiger partial charge in [0.05, 0.1) is 14.0 Å². The van der Waals surface area contributed by atoms with E-state index in [2.05, 4.69) is 0 Å². The van der Waals surface area contributed by atoms with Crippen molar-refractivity contribution in [2.45, 2.75) is 37.1 Å². The largest absolute Gasteiger partial charge is 0.379 e. The van der Waals surface area contributed by atoms with Gasteiger partial charge in [-0.15, -0.1) is 0 Å². The lowest BCUT2D eigenvalue weighted by Gasteiger charge is -2.18. The van der Waals surface area contributed by atoms with E-state index < -0.39 is 6.00 Å². The molecule has 1 heterocycles. The van der Waals surface area contributed by atoms with Gasteiger partial charge >= 0.3 is 0 Å². The van der Waals surface area contributed by atoms with Crippen molar-refractivity contribution in [1.82, 2.24) is 0 Å². The van der Waals surface area contributed by atoms with Crippen LogP contribution in [0.4, 0.5) is 0 Å². The van der Waals surface area contributed by atoms with Gasteiger partial charge in [-0.25, -0.2) is 0 Å². The number of ether oxygens (including phenoxy) is 1. The molecule has 1 rings (SSSR count). The van der Waals surface area contributed by atoms with Crippen LogP contribution in [0.5, 0.6) is 0 Å². The summed E-state index contributed by atoms with van der Waals surface area (Å²) in [5, 5.41) is 0. The molecule has 3 nitrogen and oxygen atoms in total. The zero-order valence-corrected chi connectivity index (χ0v) is 11.2. The van der Waals surface area contributed by atoms with Crippen LogP contribution in [-0.2, 0) is 10.9 Å². The number of hydrogen-bond donors (Lipinski definition) is 0. The molecule has 1 fully saturated rings. The molecule has 1 aliphatic heterocycles. The predicted molar refractivity (Wildman–Crippen MR) is 67.4 cm³/mol. The van der Waals surface area contributed by atoms with Crippen LogP contribution >= 0.6 is 46.0 Å². The van der Waals surface area contributed by atoms with Gasteiger partial charge in [-0.3, -0.25) is 0 Å². The molecule has 0 amide bonds. The molecule has 4 atom stereocenters. The molecule has 7 heteroatoms. The van der Waals surface area contributed by atoms with Crippen LogP contribution in [0.25, 0.3) is 0 Å². The Labute approximate surface area is 109 Å². The highest BCUT2D eigenvalue weighted by Gasteiger charge is 2.42. The summed E-state index contributed by atoms with van der Waals surface area (Å²) in [7, 11) is 11.1. The molecule has 13 heavy (non-hydrogen) atoms. The highest BCUT2D eigenvalue weighted by atomic mass is 127. The fourth-order valence-corrected chi connectivity index (χ4v) is 2.56. The Morgan fingerprint density at radius 1 is 1.23 bits per heavy atom. The molecule has 0 bridgehead atoms. The van der Waals surface area contributed by atoms with Crippen molar-refractivity contribution in [3.05, 3.63) is 0 Å². The van der Waals surface area contributed by atoms with E-state index in [1.54, 1.807) is 0 Å². The van der Waals surface area contributed by atoms with Crippen LogP contribution < -0.4 is 0 Å². The Bertz CT molecular complexity index is 163. The summed E-state index contributed by atoms with van der Waals surface area (Å²) in [6.07, 6.45) is 0.890. The van der Waals surface area contributed by atoms with E-state index in [-0.39, 0.29) is 18.3 Å². The Balaban J connectivity index is 2.57. The minimum absolute atomic E-state index is 0.0586. The summed E-state index contributed by atoms with van der Waals surface area (Å²) >= 11 is 3.64. The Kier molecular flexibility index (Phi) is 5.92. The van der Waals surface area contributed by atoms with Crippen LogP contribution in [0.1, 0.15) is 6.42 Å². The molecule has 1 saturated heterocycles. The summed E-state index contributed by atoms with van der Waals surface area (Å²) in [4.78, 5) is 0. The molecule has 4 radical (unpaired) electrons. The van der Waals surface area contributed by atoms with Gasteiger partial charge < -0.3 is 10.9 Å². The fourth-order valence-electron chi connectivity index (χ4n) is 1.36. The third kappa shape index (κ3) is 2.96. The third-order valence-electron chi connectivity index (χ3n) is 2.00. The van der Waals surface area contributed by atoms with E-state index in [4.69, 9.17) is 26.6 Å². The zero-order valence-electron chi connectivity index (χ0n) is 6.86. The van der Waals surface area contributed by atoms with Gasteiger partial charge in [0.15, 0.2) is 0 Å². The maximum absolute atomic E-state index is 5.70. The SMILES string of the molecule is [B]CCC1OC([B])C(OI)C1OI. The minimum atomic E-state index is -0.423. The third-order valence-corrected chi connectivity index (χ3v) is 3.18. The van der Waals surface area contributed by atoms with Crippen molar-refractivity contribution >= 4 is 61.7 Å². The van der Waals surface area contributed by atoms with E-state index in [1.165, 1.54) is 0 Å². The molecule has 0 aliphatic carbocycles.